The number of aromatic amines is 1. The van der Waals surface area contributed by atoms with Crippen molar-refractivity contribution in [3.63, 3.8) is 0 Å². The van der Waals surface area contributed by atoms with E-state index >= 15 is 0 Å². The number of para-hydroxylation sites is 1. The summed E-state index contributed by atoms with van der Waals surface area (Å²) in [5.41, 5.74) is 3.33. The summed E-state index contributed by atoms with van der Waals surface area (Å²) in [6, 6.07) is 17.6. The van der Waals surface area contributed by atoms with Gasteiger partial charge in [0.2, 0.25) is 0 Å². The zero-order chi connectivity index (χ0) is 13.9. The molecular weight excluding hydrogens is 250 g/mol. The van der Waals surface area contributed by atoms with Crippen molar-refractivity contribution in [2.24, 2.45) is 0 Å². The molecule has 0 saturated carbocycles. The molecule has 0 bridgehead atoms. The Kier molecular flexibility index (Phi) is 3.25. The fraction of sp³-hybridized carbons (Fsp3) is 0.118. The highest BCUT2D eigenvalue weighted by Gasteiger charge is 2.20. The van der Waals surface area contributed by atoms with Crippen LogP contribution in [0.3, 0.4) is 0 Å². The first-order valence-electron chi connectivity index (χ1n) is 6.64. The van der Waals surface area contributed by atoms with E-state index in [4.69, 9.17) is 4.74 Å². The van der Waals surface area contributed by atoms with Crippen molar-refractivity contribution in [1.82, 2.24) is 4.98 Å². The third-order valence-electron chi connectivity index (χ3n) is 3.25. The van der Waals surface area contributed by atoms with Gasteiger partial charge < -0.3 is 9.72 Å². The number of fused-ring (bicyclic) bond motifs is 1. The summed E-state index contributed by atoms with van der Waals surface area (Å²) in [4.78, 5) is 15.6. The molecule has 0 atom stereocenters. The minimum absolute atomic E-state index is 0.288. The first-order valence-corrected chi connectivity index (χ1v) is 6.64. The molecule has 0 amide bonds. The lowest BCUT2D eigenvalue weighted by molar-refractivity contribution is 0.0529. The molecule has 3 heteroatoms. The van der Waals surface area contributed by atoms with E-state index in [1.165, 1.54) is 0 Å². The van der Waals surface area contributed by atoms with Crippen molar-refractivity contribution >= 4 is 16.9 Å². The molecule has 1 N–H and O–H groups in total. The maximum absolute atomic E-state index is 12.3. The predicted molar refractivity (Wildman–Crippen MR) is 79.7 cm³/mol. The molecule has 20 heavy (non-hydrogen) atoms. The molecule has 3 nitrogen and oxygen atoms in total. The molecule has 3 aromatic rings. The van der Waals surface area contributed by atoms with Gasteiger partial charge in [-0.1, -0.05) is 48.5 Å². The number of carbonyl (C=O) groups excluding carboxylic acids is 1. The van der Waals surface area contributed by atoms with Crippen molar-refractivity contribution in [1.29, 1.82) is 0 Å². The molecule has 0 spiro atoms. The second kappa shape index (κ2) is 5.21. The van der Waals surface area contributed by atoms with E-state index in [2.05, 4.69) is 4.98 Å². The molecular formula is C17H15NO2. The zero-order valence-electron chi connectivity index (χ0n) is 11.2. The van der Waals surface area contributed by atoms with Gasteiger partial charge in [0.25, 0.3) is 0 Å². The highest BCUT2D eigenvalue weighted by Crippen LogP contribution is 2.30. The summed E-state index contributed by atoms with van der Waals surface area (Å²) in [6.07, 6.45) is 0. The maximum atomic E-state index is 12.3. The van der Waals surface area contributed by atoms with Crippen molar-refractivity contribution in [3.05, 3.63) is 60.2 Å². The van der Waals surface area contributed by atoms with Crippen LogP contribution >= 0.6 is 0 Å². The standard InChI is InChI=1S/C17H15NO2/c1-2-20-17(19)15-13-10-6-7-11-14(13)18-16(15)12-8-4-3-5-9-12/h3-11,18H,2H2,1H3. The Morgan fingerprint density at radius 2 is 1.75 bits per heavy atom. The average Bonchev–Trinajstić information content (AvgIpc) is 2.88. The molecule has 0 aliphatic heterocycles. The number of hydrogen-bond donors (Lipinski definition) is 1. The van der Waals surface area contributed by atoms with Crippen molar-refractivity contribution in [2.45, 2.75) is 6.92 Å². The molecule has 1 heterocycles. The van der Waals surface area contributed by atoms with Crippen LogP contribution in [0.15, 0.2) is 54.6 Å². The SMILES string of the molecule is CCOC(=O)c1c(-c2ccccc2)[nH]c2ccccc12. The van der Waals surface area contributed by atoms with Crippen molar-refractivity contribution in [3.8, 4) is 11.3 Å². The van der Waals surface area contributed by atoms with Crippen LogP contribution in [0.5, 0.6) is 0 Å². The summed E-state index contributed by atoms with van der Waals surface area (Å²) in [7, 11) is 0. The Morgan fingerprint density at radius 3 is 2.50 bits per heavy atom. The number of hydrogen-bond acceptors (Lipinski definition) is 2. The monoisotopic (exact) mass is 265 g/mol. The van der Waals surface area contributed by atoms with Gasteiger partial charge in [0.15, 0.2) is 0 Å². The lowest BCUT2D eigenvalue weighted by Gasteiger charge is -2.04. The lowest BCUT2D eigenvalue weighted by Crippen LogP contribution is -2.05. The predicted octanol–water partition coefficient (Wildman–Crippen LogP) is 4.01. The zero-order valence-corrected chi connectivity index (χ0v) is 11.2. The van der Waals surface area contributed by atoms with E-state index < -0.39 is 0 Å². The van der Waals surface area contributed by atoms with Gasteiger partial charge in [-0.25, -0.2) is 4.79 Å². The Labute approximate surface area is 117 Å². The molecule has 0 unspecified atom stereocenters. The molecule has 0 aliphatic rings. The number of ether oxygens (including phenoxy) is 1. The van der Waals surface area contributed by atoms with Crippen LogP contribution < -0.4 is 0 Å². The highest BCUT2D eigenvalue weighted by atomic mass is 16.5. The molecule has 1 aromatic heterocycles. The number of carbonyl (C=O) groups is 1. The third-order valence-corrected chi connectivity index (χ3v) is 3.25. The van der Waals surface area contributed by atoms with Crippen LogP contribution in [0.1, 0.15) is 17.3 Å². The fourth-order valence-corrected chi connectivity index (χ4v) is 2.38. The second-order valence-electron chi connectivity index (χ2n) is 4.51. The van der Waals surface area contributed by atoms with Crippen molar-refractivity contribution in [2.75, 3.05) is 6.61 Å². The summed E-state index contributed by atoms with van der Waals surface area (Å²) in [5.74, 6) is -0.288. The highest BCUT2D eigenvalue weighted by molar-refractivity contribution is 6.10. The van der Waals surface area contributed by atoms with Crippen LogP contribution in [0.25, 0.3) is 22.2 Å². The molecule has 0 aliphatic carbocycles. The Morgan fingerprint density at radius 1 is 1.05 bits per heavy atom. The minimum atomic E-state index is -0.288. The van der Waals surface area contributed by atoms with Gasteiger partial charge in [0.05, 0.1) is 17.9 Å². The van der Waals surface area contributed by atoms with Crippen LogP contribution in [-0.2, 0) is 4.74 Å². The van der Waals surface area contributed by atoms with Gasteiger partial charge in [-0.2, -0.15) is 0 Å². The maximum Gasteiger partial charge on any atom is 0.340 e. The minimum Gasteiger partial charge on any atom is -0.462 e. The van der Waals surface area contributed by atoms with Gasteiger partial charge in [-0.15, -0.1) is 0 Å². The number of H-pyrrole nitrogens is 1. The Hall–Kier alpha value is -2.55. The number of nitrogens with one attached hydrogen (secondary N) is 1. The molecule has 3 rings (SSSR count). The largest absolute Gasteiger partial charge is 0.462 e. The quantitative estimate of drug-likeness (QED) is 0.727. The van der Waals surface area contributed by atoms with Gasteiger partial charge in [-0.05, 0) is 18.6 Å². The first kappa shape index (κ1) is 12.5. The molecule has 2 aromatic carbocycles. The Balaban J connectivity index is 2.25. The summed E-state index contributed by atoms with van der Waals surface area (Å²) >= 11 is 0. The smallest absolute Gasteiger partial charge is 0.340 e. The number of benzene rings is 2. The molecule has 0 saturated heterocycles. The number of rotatable bonds is 3. The lowest BCUT2D eigenvalue weighted by atomic mass is 10.1. The molecule has 100 valence electrons. The molecule has 0 fully saturated rings. The van der Waals surface area contributed by atoms with Crippen LogP contribution in [0, 0.1) is 0 Å². The van der Waals surface area contributed by atoms with E-state index in [1.807, 2.05) is 61.5 Å². The van der Waals surface area contributed by atoms with Gasteiger partial charge in [0, 0.05) is 10.9 Å². The second-order valence-corrected chi connectivity index (χ2v) is 4.51. The normalized spacial score (nSPS) is 10.7. The number of aromatic nitrogens is 1. The number of esters is 1. The van der Waals surface area contributed by atoms with E-state index in [9.17, 15) is 4.79 Å². The summed E-state index contributed by atoms with van der Waals surface area (Å²) in [6.45, 7) is 2.18. The van der Waals surface area contributed by atoms with E-state index in [0.29, 0.717) is 12.2 Å². The van der Waals surface area contributed by atoms with Crippen LogP contribution in [0.2, 0.25) is 0 Å². The van der Waals surface area contributed by atoms with Gasteiger partial charge in [-0.3, -0.25) is 0 Å². The van der Waals surface area contributed by atoms with Gasteiger partial charge in [0.1, 0.15) is 0 Å². The van der Waals surface area contributed by atoms with E-state index in [1.54, 1.807) is 0 Å². The van der Waals surface area contributed by atoms with E-state index in [0.717, 1.165) is 22.2 Å². The van der Waals surface area contributed by atoms with Crippen LogP contribution in [-0.4, -0.2) is 17.6 Å². The first-order chi connectivity index (χ1) is 9.81. The van der Waals surface area contributed by atoms with Crippen LogP contribution in [0.4, 0.5) is 0 Å². The van der Waals surface area contributed by atoms with E-state index in [-0.39, 0.29) is 5.97 Å². The summed E-state index contributed by atoms with van der Waals surface area (Å²) < 4.78 is 5.20. The van der Waals surface area contributed by atoms with Crippen molar-refractivity contribution < 1.29 is 9.53 Å². The fourth-order valence-electron chi connectivity index (χ4n) is 2.38. The topological polar surface area (TPSA) is 42.1 Å². The average molecular weight is 265 g/mol. The van der Waals surface area contributed by atoms with Gasteiger partial charge >= 0.3 is 5.97 Å². The molecule has 0 radical (unpaired) electrons. The third kappa shape index (κ3) is 2.07. The Bertz CT molecular complexity index is 744. The summed E-state index contributed by atoms with van der Waals surface area (Å²) in [5, 5.41) is 0.893.